The number of thiophene rings is 1. The summed E-state index contributed by atoms with van der Waals surface area (Å²) in [4.78, 5) is 54.4. The minimum absolute atomic E-state index is 0.154. The minimum Gasteiger partial charge on any atom is -0.497 e. The molecule has 3 aromatic carbocycles. The lowest BCUT2D eigenvalue weighted by Crippen LogP contribution is -2.48. The summed E-state index contributed by atoms with van der Waals surface area (Å²) in [5.74, 6) is -2.20. The lowest BCUT2D eigenvalue weighted by atomic mass is 9.78. The van der Waals surface area contributed by atoms with Gasteiger partial charge in [-0.25, -0.2) is 4.79 Å². The molecule has 4 atom stereocenters. The van der Waals surface area contributed by atoms with E-state index in [1.54, 1.807) is 24.3 Å². The molecule has 0 radical (unpaired) electrons. The third-order valence-corrected chi connectivity index (χ3v) is 8.46. The first kappa shape index (κ1) is 28.5. The number of hydrogen-bond acceptors (Lipinski definition) is 7. The number of carbonyl (C=O) groups excluding carboxylic acids is 3. The number of urea groups is 1. The highest BCUT2D eigenvalue weighted by molar-refractivity contribution is 7.10. The maximum atomic E-state index is 14.4. The number of Topliss-reactive ketones (excluding diaryl/α,β-unsaturated/α-hetero) is 1. The van der Waals surface area contributed by atoms with Crippen molar-refractivity contribution in [3.63, 3.8) is 0 Å². The summed E-state index contributed by atoms with van der Waals surface area (Å²) in [5.41, 5.74) is 8.17. The van der Waals surface area contributed by atoms with E-state index >= 15 is 0 Å². The number of nitrogens with one attached hydrogen (secondary N) is 1. The van der Waals surface area contributed by atoms with Crippen LogP contribution in [0.4, 0.5) is 16.2 Å². The quantitative estimate of drug-likeness (QED) is 0.154. The van der Waals surface area contributed by atoms with Crippen LogP contribution < -0.4 is 15.8 Å². The Morgan fingerprint density at radius 3 is 2.19 bits per heavy atom. The average molecular weight is 585 g/mol. The van der Waals surface area contributed by atoms with Gasteiger partial charge in [0.05, 0.1) is 24.0 Å². The number of anilines is 1. The molecule has 3 N–H and O–H groups in total. The molecule has 1 aliphatic rings. The summed E-state index contributed by atoms with van der Waals surface area (Å²) in [7, 11) is 1.54. The Bertz CT molecular complexity index is 1600. The van der Waals surface area contributed by atoms with E-state index in [1.807, 2.05) is 48.7 Å². The second kappa shape index (κ2) is 11.8. The first-order valence-corrected chi connectivity index (χ1v) is 14.0. The van der Waals surface area contributed by atoms with E-state index in [0.29, 0.717) is 17.0 Å². The van der Waals surface area contributed by atoms with Crippen LogP contribution in [-0.2, 0) is 4.79 Å². The number of rotatable bonds is 8. The molecule has 5 rings (SSSR count). The van der Waals surface area contributed by atoms with Gasteiger partial charge in [-0.2, -0.15) is 0 Å². The summed E-state index contributed by atoms with van der Waals surface area (Å²) in [5, 5.41) is 15.9. The normalized spacial score (nSPS) is 19.7. The summed E-state index contributed by atoms with van der Waals surface area (Å²) in [6.07, 6.45) is 0. The number of methoxy groups -OCH3 is 1. The first-order chi connectivity index (χ1) is 20.2. The number of primary amides is 1. The zero-order valence-corrected chi connectivity index (χ0v) is 23.6. The number of aryl methyl sites for hydroxylation is 1. The molecular formula is C31H28N4O6S. The van der Waals surface area contributed by atoms with Gasteiger partial charge in [-0.05, 0) is 60.3 Å². The van der Waals surface area contributed by atoms with Crippen molar-refractivity contribution < 1.29 is 24.0 Å². The Morgan fingerprint density at radius 2 is 1.64 bits per heavy atom. The van der Waals surface area contributed by atoms with Crippen LogP contribution in [0.3, 0.4) is 0 Å². The second-order valence-corrected chi connectivity index (χ2v) is 11.0. The van der Waals surface area contributed by atoms with Gasteiger partial charge in [-0.15, -0.1) is 11.3 Å². The lowest BCUT2D eigenvalue weighted by molar-refractivity contribution is -0.384. The number of nitro benzene ring substituents is 1. The van der Waals surface area contributed by atoms with E-state index in [-0.39, 0.29) is 17.0 Å². The summed E-state index contributed by atoms with van der Waals surface area (Å²) in [6.45, 7) is 1.92. The molecule has 11 heteroatoms. The van der Waals surface area contributed by atoms with Crippen LogP contribution in [-0.4, -0.2) is 40.7 Å². The van der Waals surface area contributed by atoms with Crippen molar-refractivity contribution in [2.24, 2.45) is 11.7 Å². The lowest BCUT2D eigenvalue weighted by Gasteiger charge is -2.31. The molecule has 0 aliphatic carbocycles. The number of amides is 3. The standard InChI is InChI=1S/C31H28N4O6S/c1-18-5-7-19(8-6-18)27-26(29(36)20-9-13-22(14-10-20)35(39)40)25(24-4-3-17-42-24)28(30(32)37)34(27)31(38)33-21-11-15-23(41-2)16-12-21/h3-17,25-28H,1-2H3,(H2,32,37)(H,33,38). The van der Waals surface area contributed by atoms with Gasteiger partial charge >= 0.3 is 6.03 Å². The summed E-state index contributed by atoms with van der Waals surface area (Å²) in [6, 6.07) is 20.5. The van der Waals surface area contributed by atoms with Crippen molar-refractivity contribution in [3.8, 4) is 5.75 Å². The van der Waals surface area contributed by atoms with Crippen molar-refractivity contribution >= 4 is 40.4 Å². The van der Waals surface area contributed by atoms with Gasteiger partial charge in [0.15, 0.2) is 5.78 Å². The minimum atomic E-state index is -1.17. The zero-order valence-electron chi connectivity index (χ0n) is 22.8. The fourth-order valence-electron chi connectivity index (χ4n) is 5.53. The Balaban J connectivity index is 1.66. The number of likely N-dealkylation sites (tertiary alicyclic amines) is 1. The van der Waals surface area contributed by atoms with Gasteiger partial charge < -0.3 is 20.7 Å². The molecular weight excluding hydrogens is 556 g/mol. The van der Waals surface area contributed by atoms with Crippen LogP contribution >= 0.6 is 11.3 Å². The third kappa shape index (κ3) is 5.46. The summed E-state index contributed by atoms with van der Waals surface area (Å²) >= 11 is 1.36. The third-order valence-electron chi connectivity index (χ3n) is 7.49. The first-order valence-electron chi connectivity index (χ1n) is 13.1. The highest BCUT2D eigenvalue weighted by atomic mass is 32.1. The van der Waals surface area contributed by atoms with Crippen LogP contribution in [0.2, 0.25) is 0 Å². The Hall–Kier alpha value is -5.03. The van der Waals surface area contributed by atoms with Gasteiger partial charge in [0.2, 0.25) is 5.91 Å². The molecule has 42 heavy (non-hydrogen) atoms. The molecule has 0 saturated carbocycles. The van der Waals surface area contributed by atoms with E-state index in [0.717, 1.165) is 10.4 Å². The Morgan fingerprint density at radius 1 is 0.976 bits per heavy atom. The number of ether oxygens (including phenoxy) is 1. The number of nitro groups is 1. The van der Waals surface area contributed by atoms with Crippen molar-refractivity contribution in [2.45, 2.75) is 24.9 Å². The molecule has 1 saturated heterocycles. The fraction of sp³-hybridized carbons (Fsp3) is 0.194. The molecule has 3 amide bonds. The predicted molar refractivity (Wildman–Crippen MR) is 159 cm³/mol. The smallest absolute Gasteiger partial charge is 0.323 e. The number of nitrogens with two attached hydrogens (primary N) is 1. The van der Waals surface area contributed by atoms with E-state index in [4.69, 9.17) is 10.5 Å². The Kier molecular flexibility index (Phi) is 8.03. The van der Waals surface area contributed by atoms with Crippen LogP contribution in [0.1, 0.15) is 38.3 Å². The SMILES string of the molecule is COc1ccc(NC(=O)N2C(C(N)=O)C(c3cccs3)C(C(=O)c3ccc([N+](=O)[O-])cc3)C2c2ccc(C)cc2)cc1. The molecule has 4 unspecified atom stereocenters. The van der Waals surface area contributed by atoms with Crippen molar-refractivity contribution in [1.82, 2.24) is 4.90 Å². The van der Waals surface area contributed by atoms with Gasteiger partial charge in [0.25, 0.3) is 5.69 Å². The topological polar surface area (TPSA) is 145 Å². The molecule has 0 bridgehead atoms. The number of nitrogens with zero attached hydrogens (tertiary/aromatic N) is 2. The Labute approximate surface area is 245 Å². The highest BCUT2D eigenvalue weighted by Crippen LogP contribution is 2.52. The molecule has 0 spiro atoms. The number of benzene rings is 3. The van der Waals surface area contributed by atoms with Crippen LogP contribution in [0.25, 0.3) is 0 Å². The molecule has 10 nitrogen and oxygen atoms in total. The number of non-ortho nitro benzene ring substituents is 1. The molecule has 4 aromatic rings. The van der Waals surface area contributed by atoms with E-state index < -0.39 is 40.8 Å². The zero-order chi connectivity index (χ0) is 30.0. The number of hydrogen-bond donors (Lipinski definition) is 2. The maximum Gasteiger partial charge on any atom is 0.323 e. The molecule has 1 aliphatic heterocycles. The average Bonchev–Trinajstić information content (AvgIpc) is 3.64. The van der Waals surface area contributed by atoms with Crippen molar-refractivity contribution in [3.05, 3.63) is 122 Å². The summed E-state index contributed by atoms with van der Waals surface area (Å²) < 4.78 is 5.21. The highest BCUT2D eigenvalue weighted by Gasteiger charge is 2.57. The van der Waals surface area contributed by atoms with Crippen molar-refractivity contribution in [2.75, 3.05) is 12.4 Å². The van der Waals surface area contributed by atoms with E-state index in [2.05, 4.69) is 5.32 Å². The number of ketones is 1. The van der Waals surface area contributed by atoms with Gasteiger partial charge in [-0.3, -0.25) is 19.7 Å². The van der Waals surface area contributed by atoms with Crippen LogP contribution in [0, 0.1) is 23.0 Å². The molecule has 1 fully saturated rings. The van der Waals surface area contributed by atoms with Crippen LogP contribution in [0.15, 0.2) is 90.3 Å². The number of carbonyl (C=O) groups is 3. The van der Waals surface area contributed by atoms with Gasteiger partial charge in [0, 0.05) is 34.2 Å². The molecule has 1 aromatic heterocycles. The predicted octanol–water partition coefficient (Wildman–Crippen LogP) is 5.70. The van der Waals surface area contributed by atoms with Crippen LogP contribution in [0.5, 0.6) is 5.75 Å². The van der Waals surface area contributed by atoms with Crippen molar-refractivity contribution in [1.29, 1.82) is 0 Å². The van der Waals surface area contributed by atoms with E-state index in [1.165, 1.54) is 47.6 Å². The molecule has 214 valence electrons. The maximum absolute atomic E-state index is 14.4. The van der Waals surface area contributed by atoms with Gasteiger partial charge in [-0.1, -0.05) is 35.9 Å². The largest absolute Gasteiger partial charge is 0.497 e. The molecule has 2 heterocycles. The van der Waals surface area contributed by atoms with E-state index in [9.17, 15) is 24.5 Å². The van der Waals surface area contributed by atoms with Gasteiger partial charge in [0.1, 0.15) is 11.8 Å². The fourth-order valence-corrected chi connectivity index (χ4v) is 6.44. The second-order valence-electron chi connectivity index (χ2n) is 10.0. The monoisotopic (exact) mass is 584 g/mol.